The summed E-state index contributed by atoms with van der Waals surface area (Å²) in [6.45, 7) is 4.38. The van der Waals surface area contributed by atoms with E-state index in [1.807, 2.05) is 36.4 Å². The first-order valence-corrected chi connectivity index (χ1v) is 10.9. The van der Waals surface area contributed by atoms with Crippen molar-refractivity contribution in [2.75, 3.05) is 26.9 Å². The van der Waals surface area contributed by atoms with Crippen LogP contribution in [-0.2, 0) is 4.79 Å². The number of aliphatic carboxylic acids is 1. The van der Waals surface area contributed by atoms with Crippen molar-refractivity contribution in [2.45, 2.75) is 20.3 Å². The van der Waals surface area contributed by atoms with Crippen molar-refractivity contribution in [1.29, 1.82) is 0 Å². The van der Waals surface area contributed by atoms with Crippen LogP contribution < -0.4 is 24.4 Å². The number of halogens is 1. The molecule has 2 N–H and O–H groups in total. The number of carbonyl (C=O) groups is 2. The van der Waals surface area contributed by atoms with Gasteiger partial charge < -0.3 is 24.1 Å². The van der Waals surface area contributed by atoms with E-state index in [-0.39, 0.29) is 0 Å². The number of methoxy groups -OCH3 is 1. The van der Waals surface area contributed by atoms with Gasteiger partial charge in [0.1, 0.15) is 0 Å². The molecular weight excluding hydrogens is 531 g/mol. The lowest BCUT2D eigenvalue weighted by Crippen LogP contribution is -2.18. The molecule has 32 heavy (non-hydrogen) atoms. The van der Waals surface area contributed by atoms with Gasteiger partial charge in [0.25, 0.3) is 5.91 Å². The first kappa shape index (κ1) is 25.2. The van der Waals surface area contributed by atoms with Crippen molar-refractivity contribution >= 4 is 40.7 Å². The summed E-state index contributed by atoms with van der Waals surface area (Å²) in [5.41, 5.74) is 3.48. The molecule has 10 heteroatoms. The standard InChI is InChI=1S/C22H25IN2O7/c1-4-8-31-17-7-6-15(11-18(17)30-5-2)22(28)25-24-12-14-9-16(23)21(19(10-14)29-3)32-13-20(26)27/h6-7,9-12H,4-5,8,13H2,1-3H3,(H,25,28)(H,26,27)/b24-12+. The highest BCUT2D eigenvalue weighted by Gasteiger charge is 2.14. The van der Waals surface area contributed by atoms with Gasteiger partial charge in [-0.05, 0) is 71.8 Å². The summed E-state index contributed by atoms with van der Waals surface area (Å²) >= 11 is 2.01. The number of carboxylic acid groups (broad SMARTS) is 1. The smallest absolute Gasteiger partial charge is 0.341 e. The first-order valence-electron chi connectivity index (χ1n) is 9.84. The number of hydrogen-bond acceptors (Lipinski definition) is 7. The molecule has 0 saturated heterocycles. The van der Waals surface area contributed by atoms with Crippen LogP contribution >= 0.6 is 22.6 Å². The van der Waals surface area contributed by atoms with Crippen LogP contribution in [-0.4, -0.2) is 50.1 Å². The first-order chi connectivity index (χ1) is 15.4. The zero-order valence-corrected chi connectivity index (χ0v) is 20.2. The van der Waals surface area contributed by atoms with Crippen molar-refractivity contribution in [3.63, 3.8) is 0 Å². The number of rotatable bonds is 12. The Labute approximate surface area is 199 Å². The Kier molecular flexibility index (Phi) is 10.1. The van der Waals surface area contributed by atoms with Gasteiger partial charge in [-0.2, -0.15) is 5.10 Å². The highest BCUT2D eigenvalue weighted by Crippen LogP contribution is 2.33. The van der Waals surface area contributed by atoms with E-state index >= 15 is 0 Å². The zero-order valence-electron chi connectivity index (χ0n) is 18.0. The van der Waals surface area contributed by atoms with E-state index in [1.165, 1.54) is 13.3 Å². The molecule has 0 saturated carbocycles. The van der Waals surface area contributed by atoms with E-state index < -0.39 is 18.5 Å². The molecule has 0 aliphatic carbocycles. The maximum Gasteiger partial charge on any atom is 0.341 e. The lowest BCUT2D eigenvalue weighted by atomic mass is 10.2. The predicted molar refractivity (Wildman–Crippen MR) is 127 cm³/mol. The molecule has 172 valence electrons. The minimum absolute atomic E-state index is 0.325. The van der Waals surface area contributed by atoms with Crippen molar-refractivity contribution in [1.82, 2.24) is 5.43 Å². The van der Waals surface area contributed by atoms with Crippen LogP contribution in [0.2, 0.25) is 0 Å². The van der Waals surface area contributed by atoms with Crippen LogP contribution in [0.1, 0.15) is 36.2 Å². The molecule has 0 aliphatic rings. The van der Waals surface area contributed by atoms with Crippen LogP contribution in [0, 0.1) is 3.57 Å². The minimum atomic E-state index is -1.09. The Bertz CT molecular complexity index is 979. The van der Waals surface area contributed by atoms with Gasteiger partial charge in [-0.3, -0.25) is 4.79 Å². The van der Waals surface area contributed by atoms with Gasteiger partial charge in [-0.15, -0.1) is 0 Å². The highest BCUT2D eigenvalue weighted by molar-refractivity contribution is 14.1. The second-order valence-electron chi connectivity index (χ2n) is 6.36. The molecule has 0 spiro atoms. The number of amides is 1. The number of hydrogen-bond donors (Lipinski definition) is 2. The summed E-state index contributed by atoms with van der Waals surface area (Å²) in [6.07, 6.45) is 2.31. The average molecular weight is 556 g/mol. The summed E-state index contributed by atoms with van der Waals surface area (Å²) in [5, 5.41) is 12.8. The van der Waals surface area contributed by atoms with Gasteiger partial charge in [0.2, 0.25) is 0 Å². The van der Waals surface area contributed by atoms with Crippen molar-refractivity contribution in [3.8, 4) is 23.0 Å². The third-order valence-corrected chi connectivity index (χ3v) is 4.74. The number of nitrogens with one attached hydrogen (secondary N) is 1. The van der Waals surface area contributed by atoms with Crippen LogP contribution in [0.5, 0.6) is 23.0 Å². The Hall–Kier alpha value is -3.02. The quantitative estimate of drug-likeness (QED) is 0.233. The van der Waals surface area contributed by atoms with Gasteiger partial charge in [0.05, 0.1) is 30.1 Å². The zero-order chi connectivity index (χ0) is 23.5. The highest BCUT2D eigenvalue weighted by atomic mass is 127. The number of benzene rings is 2. The lowest BCUT2D eigenvalue weighted by Gasteiger charge is -2.12. The number of carboxylic acids is 1. The number of hydrazone groups is 1. The number of ether oxygens (including phenoxy) is 4. The van der Waals surface area contributed by atoms with E-state index in [9.17, 15) is 9.59 Å². The van der Waals surface area contributed by atoms with E-state index in [4.69, 9.17) is 24.1 Å². The second-order valence-corrected chi connectivity index (χ2v) is 7.52. The van der Waals surface area contributed by atoms with Crippen LogP contribution in [0.4, 0.5) is 0 Å². The fourth-order valence-electron chi connectivity index (χ4n) is 2.57. The number of nitrogens with zero attached hydrogens (tertiary/aromatic N) is 1. The molecule has 1 amide bonds. The van der Waals surface area contributed by atoms with Gasteiger partial charge in [-0.25, -0.2) is 10.2 Å². The maximum atomic E-state index is 12.5. The molecule has 2 aromatic carbocycles. The molecule has 0 aliphatic heterocycles. The Morgan fingerprint density at radius 3 is 2.53 bits per heavy atom. The average Bonchev–Trinajstić information content (AvgIpc) is 2.77. The molecule has 0 radical (unpaired) electrons. The third-order valence-electron chi connectivity index (χ3n) is 3.94. The van der Waals surface area contributed by atoms with Gasteiger partial charge in [0.15, 0.2) is 29.6 Å². The van der Waals surface area contributed by atoms with Crippen LogP contribution in [0.15, 0.2) is 35.4 Å². The van der Waals surface area contributed by atoms with Crippen molar-refractivity contribution < 1.29 is 33.6 Å². The summed E-state index contributed by atoms with van der Waals surface area (Å²) in [4.78, 5) is 23.2. The topological polar surface area (TPSA) is 116 Å². The van der Waals surface area contributed by atoms with Crippen LogP contribution in [0.25, 0.3) is 0 Å². The minimum Gasteiger partial charge on any atom is -0.493 e. The van der Waals surface area contributed by atoms with Crippen molar-refractivity contribution in [3.05, 3.63) is 45.0 Å². The molecular formula is C22H25IN2O7. The Balaban J connectivity index is 2.12. The molecule has 0 aromatic heterocycles. The summed E-state index contributed by atoms with van der Waals surface area (Å²) in [5.74, 6) is 0.260. The second kappa shape index (κ2) is 12.7. The molecule has 0 fully saturated rings. The fraction of sp³-hybridized carbons (Fsp3) is 0.318. The molecule has 0 unspecified atom stereocenters. The van der Waals surface area contributed by atoms with Gasteiger partial charge >= 0.3 is 5.97 Å². The van der Waals surface area contributed by atoms with Gasteiger partial charge in [0, 0.05) is 5.56 Å². The predicted octanol–water partition coefficient (Wildman–Crippen LogP) is 3.71. The third kappa shape index (κ3) is 7.29. The molecule has 0 atom stereocenters. The molecule has 2 aromatic rings. The summed E-state index contributed by atoms with van der Waals surface area (Å²) < 4.78 is 22.4. The van der Waals surface area contributed by atoms with E-state index in [0.29, 0.717) is 50.9 Å². The van der Waals surface area contributed by atoms with Crippen molar-refractivity contribution in [2.24, 2.45) is 5.10 Å². The molecule has 0 bridgehead atoms. The molecule has 9 nitrogen and oxygen atoms in total. The normalized spacial score (nSPS) is 10.6. The Morgan fingerprint density at radius 1 is 1.09 bits per heavy atom. The lowest BCUT2D eigenvalue weighted by molar-refractivity contribution is -0.139. The maximum absolute atomic E-state index is 12.5. The summed E-state index contributed by atoms with van der Waals surface area (Å²) in [6, 6.07) is 8.30. The molecule has 2 rings (SSSR count). The summed E-state index contributed by atoms with van der Waals surface area (Å²) in [7, 11) is 1.45. The monoisotopic (exact) mass is 556 g/mol. The largest absolute Gasteiger partial charge is 0.493 e. The van der Waals surface area contributed by atoms with E-state index in [2.05, 4.69) is 10.5 Å². The SMILES string of the molecule is CCCOc1ccc(C(=O)N/N=C/c2cc(I)c(OCC(=O)O)c(OC)c2)cc1OCC. The van der Waals surface area contributed by atoms with Gasteiger partial charge in [-0.1, -0.05) is 6.92 Å². The number of carbonyl (C=O) groups excluding carboxylic acids is 1. The fourth-order valence-corrected chi connectivity index (χ4v) is 3.35. The Morgan fingerprint density at radius 2 is 1.88 bits per heavy atom. The van der Waals surface area contributed by atoms with E-state index in [0.717, 1.165) is 6.42 Å². The molecule has 0 heterocycles. The van der Waals surface area contributed by atoms with E-state index in [1.54, 1.807) is 30.3 Å². The van der Waals surface area contributed by atoms with Crippen LogP contribution in [0.3, 0.4) is 0 Å².